The first-order chi connectivity index (χ1) is 11.1. The fourth-order valence-electron chi connectivity index (χ4n) is 3.31. The molecular weight excluding hydrogens is 294 g/mol. The number of nitrogens with two attached hydrogens (primary N) is 1. The average molecular weight is 316 g/mol. The van der Waals surface area contributed by atoms with Crippen molar-refractivity contribution in [1.82, 2.24) is 4.90 Å². The van der Waals surface area contributed by atoms with E-state index in [1.807, 2.05) is 24.3 Å². The van der Waals surface area contributed by atoms with Crippen molar-refractivity contribution in [3.05, 3.63) is 71.3 Å². The Balaban J connectivity index is 1.86. The van der Waals surface area contributed by atoms with Gasteiger partial charge in [0.05, 0.1) is 0 Å². The lowest BCUT2D eigenvalue weighted by Crippen LogP contribution is -2.44. The van der Waals surface area contributed by atoms with Crippen molar-refractivity contribution < 1.29 is 8.78 Å². The molecule has 2 nitrogen and oxygen atoms in total. The first kappa shape index (κ1) is 16.1. The van der Waals surface area contributed by atoms with Gasteiger partial charge in [0, 0.05) is 25.0 Å². The summed E-state index contributed by atoms with van der Waals surface area (Å²) in [5.74, 6) is -0.403. The van der Waals surface area contributed by atoms with Gasteiger partial charge in [-0.2, -0.15) is 0 Å². The van der Waals surface area contributed by atoms with Crippen LogP contribution < -0.4 is 5.73 Å². The highest BCUT2D eigenvalue weighted by molar-refractivity contribution is 5.33. The minimum atomic E-state index is -0.244. The Hall–Kier alpha value is -1.78. The second-order valence-electron chi connectivity index (χ2n) is 6.32. The number of benzene rings is 2. The van der Waals surface area contributed by atoms with Crippen LogP contribution in [0.15, 0.2) is 48.5 Å². The molecule has 0 saturated carbocycles. The molecule has 0 amide bonds. The summed E-state index contributed by atoms with van der Waals surface area (Å²) in [6, 6.07) is 13.4. The second-order valence-corrected chi connectivity index (χ2v) is 6.32. The monoisotopic (exact) mass is 316 g/mol. The quantitative estimate of drug-likeness (QED) is 0.935. The number of hydrogen-bond donors (Lipinski definition) is 1. The molecule has 0 bridgehead atoms. The Kier molecular flexibility index (Phi) is 5.03. The zero-order valence-electron chi connectivity index (χ0n) is 13.1. The molecule has 2 N–H and O–H groups in total. The van der Waals surface area contributed by atoms with Crippen molar-refractivity contribution in [2.24, 2.45) is 5.73 Å². The Bertz CT molecular complexity index is 579. The van der Waals surface area contributed by atoms with Crippen LogP contribution in [-0.2, 0) is 0 Å². The number of piperidine rings is 1. The number of likely N-dealkylation sites (tertiary alicyclic amines) is 1. The van der Waals surface area contributed by atoms with E-state index in [-0.39, 0.29) is 23.6 Å². The van der Waals surface area contributed by atoms with E-state index in [9.17, 15) is 8.78 Å². The first-order valence-electron chi connectivity index (χ1n) is 8.10. The molecule has 1 aliphatic rings. The van der Waals surface area contributed by atoms with Crippen LogP contribution in [0.2, 0.25) is 0 Å². The molecule has 1 fully saturated rings. The van der Waals surface area contributed by atoms with Crippen LogP contribution in [0.3, 0.4) is 0 Å². The summed E-state index contributed by atoms with van der Waals surface area (Å²) in [5.41, 5.74) is 8.16. The summed E-state index contributed by atoms with van der Waals surface area (Å²) in [7, 11) is 0. The van der Waals surface area contributed by atoms with Gasteiger partial charge in [-0.1, -0.05) is 24.3 Å². The van der Waals surface area contributed by atoms with Crippen molar-refractivity contribution in [2.75, 3.05) is 19.6 Å². The highest BCUT2D eigenvalue weighted by atomic mass is 19.1. The van der Waals surface area contributed by atoms with E-state index in [4.69, 9.17) is 5.73 Å². The summed E-state index contributed by atoms with van der Waals surface area (Å²) in [5, 5.41) is 0. The number of rotatable bonds is 4. The number of nitrogens with zero attached hydrogens (tertiary/aromatic N) is 1. The molecular formula is C19H22F2N2. The molecule has 1 aliphatic heterocycles. The third kappa shape index (κ3) is 4.15. The Morgan fingerprint density at radius 2 is 1.48 bits per heavy atom. The fourth-order valence-corrected chi connectivity index (χ4v) is 3.31. The molecule has 0 aliphatic carbocycles. The van der Waals surface area contributed by atoms with Gasteiger partial charge in [0.2, 0.25) is 0 Å². The topological polar surface area (TPSA) is 29.3 Å². The lowest BCUT2D eigenvalue weighted by Gasteiger charge is -2.34. The minimum Gasteiger partial charge on any atom is -0.327 e. The van der Waals surface area contributed by atoms with Crippen LogP contribution in [0.5, 0.6) is 0 Å². The largest absolute Gasteiger partial charge is 0.327 e. The lowest BCUT2D eigenvalue weighted by molar-refractivity contribution is 0.203. The molecule has 1 heterocycles. The van der Waals surface area contributed by atoms with Gasteiger partial charge in [0.1, 0.15) is 11.6 Å². The lowest BCUT2D eigenvalue weighted by atomic mass is 9.90. The van der Waals surface area contributed by atoms with Crippen LogP contribution in [0.4, 0.5) is 8.78 Å². The molecule has 0 spiro atoms. The van der Waals surface area contributed by atoms with E-state index in [2.05, 4.69) is 4.90 Å². The minimum absolute atomic E-state index is 0.0847. The molecule has 0 radical (unpaired) electrons. The van der Waals surface area contributed by atoms with Crippen LogP contribution in [0, 0.1) is 11.6 Å². The zero-order chi connectivity index (χ0) is 16.2. The fraction of sp³-hybridized carbons (Fsp3) is 0.368. The van der Waals surface area contributed by atoms with Crippen LogP contribution in [0.25, 0.3) is 0 Å². The summed E-state index contributed by atoms with van der Waals surface area (Å²) < 4.78 is 26.5. The van der Waals surface area contributed by atoms with Gasteiger partial charge >= 0.3 is 0 Å². The van der Waals surface area contributed by atoms with Crippen molar-refractivity contribution in [3.8, 4) is 0 Å². The predicted octanol–water partition coefficient (Wildman–Crippen LogP) is 3.52. The maximum atomic E-state index is 13.2. The molecule has 4 heteroatoms. The van der Waals surface area contributed by atoms with E-state index < -0.39 is 0 Å². The van der Waals surface area contributed by atoms with Gasteiger partial charge in [-0.25, -0.2) is 8.78 Å². The first-order valence-corrected chi connectivity index (χ1v) is 8.10. The van der Waals surface area contributed by atoms with Crippen LogP contribution in [0.1, 0.15) is 29.9 Å². The molecule has 1 atom stereocenters. The van der Waals surface area contributed by atoms with Gasteiger partial charge in [-0.15, -0.1) is 0 Å². The Morgan fingerprint density at radius 3 is 1.96 bits per heavy atom. The molecule has 122 valence electrons. The molecule has 1 saturated heterocycles. The van der Waals surface area contributed by atoms with Crippen LogP contribution in [-0.4, -0.2) is 30.6 Å². The van der Waals surface area contributed by atoms with E-state index >= 15 is 0 Å². The van der Waals surface area contributed by atoms with Crippen molar-refractivity contribution in [1.29, 1.82) is 0 Å². The maximum Gasteiger partial charge on any atom is 0.123 e. The number of halogens is 2. The highest BCUT2D eigenvalue weighted by Gasteiger charge is 2.22. The van der Waals surface area contributed by atoms with Gasteiger partial charge in [-0.3, -0.25) is 0 Å². The van der Waals surface area contributed by atoms with Gasteiger partial charge in [-0.05, 0) is 54.8 Å². The molecule has 0 aromatic heterocycles. The SMILES string of the molecule is N[C@@H]1CCCN(CC(c2ccc(F)cc2)c2ccc(F)cc2)C1. The third-order valence-corrected chi connectivity index (χ3v) is 4.53. The van der Waals surface area contributed by atoms with Crippen molar-refractivity contribution >= 4 is 0 Å². The van der Waals surface area contributed by atoms with Crippen molar-refractivity contribution in [3.63, 3.8) is 0 Å². The Morgan fingerprint density at radius 1 is 0.957 bits per heavy atom. The van der Waals surface area contributed by atoms with Gasteiger partial charge < -0.3 is 10.6 Å². The third-order valence-electron chi connectivity index (χ3n) is 4.53. The second kappa shape index (κ2) is 7.20. The van der Waals surface area contributed by atoms with E-state index in [0.717, 1.165) is 43.6 Å². The summed E-state index contributed by atoms with van der Waals surface area (Å²) in [4.78, 5) is 2.35. The summed E-state index contributed by atoms with van der Waals surface area (Å²) in [6.45, 7) is 2.70. The van der Waals surface area contributed by atoms with Gasteiger partial charge in [0.15, 0.2) is 0 Å². The molecule has 23 heavy (non-hydrogen) atoms. The predicted molar refractivity (Wildman–Crippen MR) is 88.3 cm³/mol. The average Bonchev–Trinajstić information content (AvgIpc) is 2.55. The summed E-state index contributed by atoms with van der Waals surface area (Å²) in [6.07, 6.45) is 2.16. The molecule has 0 unspecified atom stereocenters. The molecule has 2 aromatic rings. The van der Waals surface area contributed by atoms with Crippen molar-refractivity contribution in [2.45, 2.75) is 24.8 Å². The zero-order valence-corrected chi connectivity index (χ0v) is 13.1. The number of hydrogen-bond acceptors (Lipinski definition) is 2. The normalized spacial score (nSPS) is 19.2. The van der Waals surface area contributed by atoms with E-state index in [0.29, 0.717) is 0 Å². The smallest absolute Gasteiger partial charge is 0.123 e. The van der Waals surface area contributed by atoms with Gasteiger partial charge in [0.25, 0.3) is 0 Å². The van der Waals surface area contributed by atoms with Crippen LogP contribution >= 0.6 is 0 Å². The molecule has 3 rings (SSSR count). The van der Waals surface area contributed by atoms with E-state index in [1.54, 1.807) is 0 Å². The highest BCUT2D eigenvalue weighted by Crippen LogP contribution is 2.27. The standard InChI is InChI=1S/C19H22F2N2/c20-16-7-3-14(4-8-16)19(15-5-9-17(21)10-6-15)13-23-11-1-2-18(22)12-23/h3-10,18-19H,1-2,11-13,22H2/t18-/m1/s1. The maximum absolute atomic E-state index is 13.2. The summed E-state index contributed by atoms with van der Waals surface area (Å²) >= 11 is 0. The molecule has 2 aromatic carbocycles. The van der Waals surface area contributed by atoms with E-state index in [1.165, 1.54) is 24.3 Å². The Labute approximate surface area is 135 Å².